The summed E-state index contributed by atoms with van der Waals surface area (Å²) in [6.07, 6.45) is 0.250. The first-order valence-corrected chi connectivity index (χ1v) is 9.54. The standard InChI is InChI=1S/C22H27ClN2O2/c1-15(2)24-22(27)17(4)25(14-19-6-5-7-20(23)12-19)21(26)13-18-10-8-16(3)9-11-18/h5-12,15,17H,13-14H2,1-4H3,(H,24,27)/t17-/m1/s1. The van der Waals surface area contributed by atoms with Crippen LogP contribution in [0.5, 0.6) is 0 Å². The largest absolute Gasteiger partial charge is 0.352 e. The Morgan fingerprint density at radius 2 is 1.70 bits per heavy atom. The van der Waals surface area contributed by atoms with Crippen molar-refractivity contribution in [1.29, 1.82) is 0 Å². The third-order valence-electron chi connectivity index (χ3n) is 4.32. The lowest BCUT2D eigenvalue weighted by Gasteiger charge is -2.29. The summed E-state index contributed by atoms with van der Waals surface area (Å²) in [6, 6.07) is 14.7. The zero-order valence-corrected chi connectivity index (χ0v) is 17.1. The number of hydrogen-bond acceptors (Lipinski definition) is 2. The maximum absolute atomic E-state index is 13.0. The Kier molecular flexibility index (Phi) is 7.43. The van der Waals surface area contributed by atoms with Crippen LogP contribution < -0.4 is 5.32 Å². The highest BCUT2D eigenvalue weighted by molar-refractivity contribution is 6.30. The number of halogens is 1. The number of benzene rings is 2. The molecule has 2 rings (SSSR count). The van der Waals surface area contributed by atoms with Gasteiger partial charge in [0.05, 0.1) is 6.42 Å². The van der Waals surface area contributed by atoms with Crippen LogP contribution in [0, 0.1) is 6.92 Å². The van der Waals surface area contributed by atoms with E-state index in [-0.39, 0.29) is 24.3 Å². The smallest absolute Gasteiger partial charge is 0.242 e. The second-order valence-electron chi connectivity index (χ2n) is 7.15. The summed E-state index contributed by atoms with van der Waals surface area (Å²) in [5.41, 5.74) is 2.97. The summed E-state index contributed by atoms with van der Waals surface area (Å²) in [6.45, 7) is 7.91. The van der Waals surface area contributed by atoms with Crippen molar-refractivity contribution in [2.45, 2.75) is 52.7 Å². The van der Waals surface area contributed by atoms with Crippen molar-refractivity contribution in [2.24, 2.45) is 0 Å². The first kappa shape index (κ1) is 21.0. The van der Waals surface area contributed by atoms with Crippen molar-refractivity contribution in [3.8, 4) is 0 Å². The molecule has 0 spiro atoms. The molecular formula is C22H27ClN2O2. The maximum atomic E-state index is 13.0. The Bertz CT molecular complexity index is 787. The van der Waals surface area contributed by atoms with Crippen molar-refractivity contribution < 1.29 is 9.59 Å². The Morgan fingerprint density at radius 3 is 2.30 bits per heavy atom. The van der Waals surface area contributed by atoms with Gasteiger partial charge >= 0.3 is 0 Å². The van der Waals surface area contributed by atoms with E-state index in [0.29, 0.717) is 11.6 Å². The molecule has 1 atom stereocenters. The number of carbonyl (C=O) groups is 2. The molecule has 0 saturated carbocycles. The molecular weight excluding hydrogens is 360 g/mol. The molecule has 2 aromatic carbocycles. The van der Waals surface area contributed by atoms with E-state index >= 15 is 0 Å². The number of carbonyl (C=O) groups excluding carboxylic acids is 2. The van der Waals surface area contributed by atoms with E-state index in [1.54, 1.807) is 17.9 Å². The van der Waals surface area contributed by atoms with Gasteiger partial charge in [-0.2, -0.15) is 0 Å². The average Bonchev–Trinajstić information content (AvgIpc) is 2.60. The van der Waals surface area contributed by atoms with E-state index in [0.717, 1.165) is 16.7 Å². The Hall–Kier alpha value is -2.33. The Balaban J connectivity index is 2.22. The quantitative estimate of drug-likeness (QED) is 0.777. The van der Waals surface area contributed by atoms with Gasteiger partial charge in [-0.3, -0.25) is 9.59 Å². The van der Waals surface area contributed by atoms with E-state index in [4.69, 9.17) is 11.6 Å². The molecule has 0 aliphatic rings. The number of aryl methyl sites for hydroxylation is 1. The van der Waals surface area contributed by atoms with Crippen LogP contribution in [-0.2, 0) is 22.6 Å². The molecule has 0 aliphatic carbocycles. The number of rotatable bonds is 7. The van der Waals surface area contributed by atoms with E-state index in [1.807, 2.05) is 63.2 Å². The first-order valence-electron chi connectivity index (χ1n) is 9.16. The first-order chi connectivity index (χ1) is 12.8. The SMILES string of the molecule is Cc1ccc(CC(=O)N(Cc2cccc(Cl)c2)[C@H](C)C(=O)NC(C)C)cc1. The highest BCUT2D eigenvalue weighted by Gasteiger charge is 2.26. The molecule has 144 valence electrons. The molecule has 2 aromatic rings. The molecule has 0 bridgehead atoms. The van der Waals surface area contributed by atoms with Gasteiger partial charge in [0.25, 0.3) is 0 Å². The van der Waals surface area contributed by atoms with Gasteiger partial charge in [-0.15, -0.1) is 0 Å². The zero-order chi connectivity index (χ0) is 20.0. The molecule has 0 saturated heterocycles. The van der Waals surface area contributed by atoms with Crippen LogP contribution >= 0.6 is 11.6 Å². The van der Waals surface area contributed by atoms with E-state index in [2.05, 4.69) is 5.32 Å². The molecule has 5 heteroatoms. The van der Waals surface area contributed by atoms with Crippen LogP contribution in [0.3, 0.4) is 0 Å². The molecule has 0 radical (unpaired) electrons. The monoisotopic (exact) mass is 386 g/mol. The molecule has 0 heterocycles. The van der Waals surface area contributed by atoms with Crippen LogP contribution in [0.4, 0.5) is 0 Å². The summed E-state index contributed by atoms with van der Waals surface area (Å²) in [7, 11) is 0. The summed E-state index contributed by atoms with van der Waals surface area (Å²) in [5, 5.41) is 3.50. The maximum Gasteiger partial charge on any atom is 0.242 e. The molecule has 2 amide bonds. The molecule has 0 aromatic heterocycles. The van der Waals surface area contributed by atoms with E-state index in [1.165, 1.54) is 0 Å². The summed E-state index contributed by atoms with van der Waals surface area (Å²) >= 11 is 6.08. The van der Waals surface area contributed by atoms with E-state index in [9.17, 15) is 9.59 Å². The van der Waals surface area contributed by atoms with Crippen LogP contribution in [0.1, 0.15) is 37.5 Å². The number of nitrogens with zero attached hydrogens (tertiary/aromatic N) is 1. The van der Waals surface area contributed by atoms with Gasteiger partial charge in [0, 0.05) is 17.6 Å². The van der Waals surface area contributed by atoms with Crippen LogP contribution in [0.25, 0.3) is 0 Å². The normalized spacial score (nSPS) is 11.9. The molecule has 1 N–H and O–H groups in total. The second kappa shape index (κ2) is 9.56. The lowest BCUT2D eigenvalue weighted by molar-refractivity contribution is -0.140. The number of amides is 2. The fourth-order valence-electron chi connectivity index (χ4n) is 2.80. The van der Waals surface area contributed by atoms with Crippen LogP contribution in [-0.4, -0.2) is 28.8 Å². The Labute approximate surface area is 166 Å². The van der Waals surface area contributed by atoms with Gasteiger partial charge in [-0.1, -0.05) is 53.6 Å². The van der Waals surface area contributed by atoms with Crippen molar-refractivity contribution in [1.82, 2.24) is 10.2 Å². The lowest BCUT2D eigenvalue weighted by Crippen LogP contribution is -2.49. The van der Waals surface area contributed by atoms with Gasteiger partial charge in [0.1, 0.15) is 6.04 Å². The minimum Gasteiger partial charge on any atom is -0.352 e. The average molecular weight is 387 g/mol. The lowest BCUT2D eigenvalue weighted by atomic mass is 10.1. The summed E-state index contributed by atoms with van der Waals surface area (Å²) in [5.74, 6) is -0.255. The second-order valence-corrected chi connectivity index (χ2v) is 7.59. The third kappa shape index (κ3) is 6.40. The van der Waals surface area contributed by atoms with Crippen molar-refractivity contribution in [3.05, 3.63) is 70.2 Å². The molecule has 0 unspecified atom stereocenters. The molecule has 0 fully saturated rings. The minimum absolute atomic E-state index is 0.0140. The molecule has 0 aliphatic heterocycles. The van der Waals surface area contributed by atoms with Crippen LogP contribution in [0.15, 0.2) is 48.5 Å². The van der Waals surface area contributed by atoms with Crippen molar-refractivity contribution in [2.75, 3.05) is 0 Å². The van der Waals surface area contributed by atoms with E-state index < -0.39 is 6.04 Å². The van der Waals surface area contributed by atoms with Gasteiger partial charge < -0.3 is 10.2 Å². The highest BCUT2D eigenvalue weighted by Crippen LogP contribution is 2.16. The predicted molar refractivity (Wildman–Crippen MR) is 110 cm³/mol. The van der Waals surface area contributed by atoms with Gasteiger partial charge in [0.15, 0.2) is 0 Å². The highest BCUT2D eigenvalue weighted by atomic mass is 35.5. The number of nitrogens with one attached hydrogen (secondary N) is 1. The number of hydrogen-bond donors (Lipinski definition) is 1. The third-order valence-corrected chi connectivity index (χ3v) is 4.55. The summed E-state index contributed by atoms with van der Waals surface area (Å²) < 4.78 is 0. The van der Waals surface area contributed by atoms with Crippen molar-refractivity contribution in [3.63, 3.8) is 0 Å². The van der Waals surface area contributed by atoms with Crippen molar-refractivity contribution >= 4 is 23.4 Å². The van der Waals surface area contributed by atoms with Gasteiger partial charge in [-0.25, -0.2) is 0 Å². The predicted octanol–water partition coefficient (Wildman–Crippen LogP) is 4.13. The fraction of sp³-hybridized carbons (Fsp3) is 0.364. The molecule has 4 nitrogen and oxygen atoms in total. The Morgan fingerprint density at radius 1 is 1.04 bits per heavy atom. The topological polar surface area (TPSA) is 49.4 Å². The van der Waals surface area contributed by atoms with Gasteiger partial charge in [-0.05, 0) is 51.0 Å². The molecule has 27 heavy (non-hydrogen) atoms. The van der Waals surface area contributed by atoms with Gasteiger partial charge in [0.2, 0.25) is 11.8 Å². The minimum atomic E-state index is -0.579. The summed E-state index contributed by atoms with van der Waals surface area (Å²) in [4.78, 5) is 27.2. The zero-order valence-electron chi connectivity index (χ0n) is 16.3. The van der Waals surface area contributed by atoms with Crippen LogP contribution in [0.2, 0.25) is 5.02 Å². The fourth-order valence-corrected chi connectivity index (χ4v) is 3.01.